The second-order valence-electron chi connectivity index (χ2n) is 9.37. The summed E-state index contributed by atoms with van der Waals surface area (Å²) in [5, 5.41) is 13.7. The van der Waals surface area contributed by atoms with Crippen molar-refractivity contribution in [2.45, 2.75) is 52.7 Å². The summed E-state index contributed by atoms with van der Waals surface area (Å²) < 4.78 is 16.4. The van der Waals surface area contributed by atoms with Crippen LogP contribution < -0.4 is 15.5 Å². The molecule has 0 aliphatic carbocycles. The van der Waals surface area contributed by atoms with Crippen molar-refractivity contribution in [3.05, 3.63) is 69.1 Å². The number of rotatable bonds is 7. The molecule has 1 aromatic heterocycles. The first-order chi connectivity index (χ1) is 16.9. The minimum Gasteiger partial charge on any atom is -0.463 e. The van der Waals surface area contributed by atoms with Crippen LogP contribution in [0, 0.1) is 16.0 Å². The van der Waals surface area contributed by atoms with Crippen LogP contribution in [0.1, 0.15) is 41.0 Å². The molecule has 0 aliphatic heterocycles. The summed E-state index contributed by atoms with van der Waals surface area (Å²) in [5.74, 6) is -0.773. The van der Waals surface area contributed by atoms with E-state index in [2.05, 4.69) is 5.32 Å². The molecule has 0 bridgehead atoms. The normalized spacial score (nSPS) is 13.0. The van der Waals surface area contributed by atoms with E-state index in [0.717, 1.165) is 0 Å². The van der Waals surface area contributed by atoms with Gasteiger partial charge in [0.25, 0.3) is 5.69 Å². The smallest absolute Gasteiger partial charge is 0.408 e. The maximum Gasteiger partial charge on any atom is 0.408 e. The highest BCUT2D eigenvalue weighted by Gasteiger charge is 2.30. The number of amides is 1. The van der Waals surface area contributed by atoms with Gasteiger partial charge in [0.1, 0.15) is 29.2 Å². The number of nitro benzene ring substituents is 1. The number of esters is 1. The van der Waals surface area contributed by atoms with Crippen molar-refractivity contribution in [1.29, 1.82) is 0 Å². The van der Waals surface area contributed by atoms with Crippen LogP contribution in [0.15, 0.2) is 57.9 Å². The van der Waals surface area contributed by atoms with Crippen molar-refractivity contribution in [2.75, 3.05) is 0 Å². The zero-order valence-corrected chi connectivity index (χ0v) is 20.7. The van der Waals surface area contributed by atoms with Gasteiger partial charge < -0.3 is 19.2 Å². The van der Waals surface area contributed by atoms with Crippen LogP contribution in [0.3, 0.4) is 0 Å². The fourth-order valence-corrected chi connectivity index (χ4v) is 3.42. The molecule has 3 rings (SSSR count). The van der Waals surface area contributed by atoms with Gasteiger partial charge in [-0.25, -0.2) is 9.59 Å². The molecule has 0 saturated carbocycles. The Labute approximate surface area is 207 Å². The number of non-ortho nitro benzene ring substituents is 1. The molecule has 10 nitrogen and oxygen atoms in total. The van der Waals surface area contributed by atoms with Gasteiger partial charge in [0, 0.05) is 18.2 Å². The number of nitrogens with zero attached hydrogens (tertiary/aromatic N) is 1. The summed E-state index contributed by atoms with van der Waals surface area (Å²) in [6.45, 7) is 8.86. The van der Waals surface area contributed by atoms with Gasteiger partial charge in [-0.1, -0.05) is 20.3 Å². The van der Waals surface area contributed by atoms with Gasteiger partial charge in [-0.05, 0) is 56.5 Å². The van der Waals surface area contributed by atoms with Crippen LogP contribution in [-0.2, 0) is 9.53 Å². The fraction of sp³-hybridized carbons (Fsp3) is 0.346. The Bertz CT molecular complexity index is 1340. The first-order valence-corrected chi connectivity index (χ1v) is 11.4. The maximum atomic E-state index is 13.0. The quantitative estimate of drug-likeness (QED) is 0.203. The molecule has 190 valence electrons. The Morgan fingerprint density at radius 3 is 2.39 bits per heavy atom. The molecule has 3 aromatic rings. The van der Waals surface area contributed by atoms with Crippen molar-refractivity contribution in [1.82, 2.24) is 5.32 Å². The van der Waals surface area contributed by atoms with Gasteiger partial charge in [0.05, 0.1) is 15.9 Å². The number of hydrogen-bond acceptors (Lipinski definition) is 8. The number of hydrogen-bond donors (Lipinski definition) is 1. The predicted octanol–water partition coefficient (Wildman–Crippen LogP) is 5.21. The molecule has 1 N–H and O–H groups in total. The van der Waals surface area contributed by atoms with E-state index < -0.39 is 28.6 Å². The van der Waals surface area contributed by atoms with E-state index in [1.165, 1.54) is 48.7 Å². The molecule has 0 radical (unpaired) electrons. The summed E-state index contributed by atoms with van der Waals surface area (Å²) in [4.78, 5) is 48.5. The molecule has 0 fully saturated rings. The Morgan fingerprint density at radius 1 is 1.14 bits per heavy atom. The topological polar surface area (TPSA) is 138 Å². The number of benzene rings is 2. The lowest BCUT2D eigenvalue weighted by Crippen LogP contribution is -2.48. The number of nitrogens with one attached hydrogen (secondary N) is 1. The lowest BCUT2D eigenvalue weighted by atomic mass is 9.99. The predicted molar refractivity (Wildman–Crippen MR) is 133 cm³/mol. The van der Waals surface area contributed by atoms with Crippen molar-refractivity contribution in [3.8, 4) is 16.9 Å². The van der Waals surface area contributed by atoms with E-state index in [1.54, 1.807) is 20.8 Å². The Kier molecular flexibility index (Phi) is 7.77. The number of alkyl carbamates (subject to hydrolysis) is 1. The molecule has 1 heterocycles. The lowest BCUT2D eigenvalue weighted by molar-refractivity contribution is -0.384. The number of nitro groups is 1. The van der Waals surface area contributed by atoms with Crippen LogP contribution in [-0.4, -0.2) is 28.6 Å². The zero-order chi connectivity index (χ0) is 26.6. The summed E-state index contributed by atoms with van der Waals surface area (Å²) in [5.41, 5.74) is -0.260. The first kappa shape index (κ1) is 26.4. The molecular formula is C26H28N2O8. The highest BCUT2D eigenvalue weighted by Crippen LogP contribution is 2.25. The molecule has 2 aromatic carbocycles. The number of fused-ring (bicyclic) bond motifs is 1. The van der Waals surface area contributed by atoms with E-state index in [-0.39, 0.29) is 39.3 Å². The van der Waals surface area contributed by atoms with Crippen molar-refractivity contribution in [2.24, 2.45) is 5.92 Å². The van der Waals surface area contributed by atoms with Crippen molar-refractivity contribution in [3.63, 3.8) is 0 Å². The molecule has 1 amide bonds. The minimum absolute atomic E-state index is 0.0905. The van der Waals surface area contributed by atoms with Gasteiger partial charge in [0.15, 0.2) is 5.43 Å². The van der Waals surface area contributed by atoms with Gasteiger partial charge in [0.2, 0.25) is 0 Å². The lowest BCUT2D eigenvalue weighted by Gasteiger charge is -2.25. The average molecular weight is 497 g/mol. The van der Waals surface area contributed by atoms with Crippen LogP contribution >= 0.6 is 0 Å². The van der Waals surface area contributed by atoms with E-state index in [0.29, 0.717) is 12.0 Å². The van der Waals surface area contributed by atoms with E-state index in [4.69, 9.17) is 13.9 Å². The molecule has 2 atom stereocenters. The largest absolute Gasteiger partial charge is 0.463 e. The minimum atomic E-state index is -0.947. The van der Waals surface area contributed by atoms with Crippen LogP contribution in [0.2, 0.25) is 0 Å². The van der Waals surface area contributed by atoms with Crippen molar-refractivity contribution < 1.29 is 28.4 Å². The third-order valence-electron chi connectivity index (χ3n) is 5.49. The summed E-state index contributed by atoms with van der Waals surface area (Å²) in [7, 11) is 0. The Morgan fingerprint density at radius 2 is 1.81 bits per heavy atom. The number of ether oxygens (including phenoxy) is 2. The van der Waals surface area contributed by atoms with Crippen LogP contribution in [0.5, 0.6) is 5.75 Å². The summed E-state index contributed by atoms with van der Waals surface area (Å²) in [6.07, 6.45) is 1.13. The van der Waals surface area contributed by atoms with Gasteiger partial charge in [-0.2, -0.15) is 0 Å². The Balaban J connectivity index is 1.83. The molecule has 0 unspecified atom stereocenters. The standard InChI is InChI=1S/C26H28N2O8/c1-6-15(2)22(27-25(31)36-26(3,4)5)24(30)35-18-11-12-19-21(13-18)34-14-20(23(19)29)16-7-9-17(10-8-16)28(32)33/h7-15,22H,6H2,1-5H3,(H,27,31)/t15-,22+/m1/s1. The highest BCUT2D eigenvalue weighted by molar-refractivity contribution is 5.86. The summed E-state index contributed by atoms with van der Waals surface area (Å²) in [6, 6.07) is 8.95. The molecule has 0 spiro atoms. The Hall–Kier alpha value is -4.21. The van der Waals surface area contributed by atoms with E-state index >= 15 is 0 Å². The van der Waals surface area contributed by atoms with Gasteiger partial charge in [-0.3, -0.25) is 14.9 Å². The fourth-order valence-electron chi connectivity index (χ4n) is 3.42. The first-order valence-electron chi connectivity index (χ1n) is 11.4. The molecular weight excluding hydrogens is 468 g/mol. The third-order valence-corrected chi connectivity index (χ3v) is 5.49. The summed E-state index contributed by atoms with van der Waals surface area (Å²) >= 11 is 0. The zero-order valence-electron chi connectivity index (χ0n) is 20.7. The van der Waals surface area contributed by atoms with Crippen molar-refractivity contribution >= 4 is 28.7 Å². The SMILES string of the molecule is CC[C@@H](C)[C@H](NC(=O)OC(C)(C)C)C(=O)Oc1ccc2c(=O)c(-c3ccc([N+](=O)[O-])cc3)coc2c1. The molecule has 36 heavy (non-hydrogen) atoms. The second-order valence-corrected chi connectivity index (χ2v) is 9.37. The van der Waals surface area contributed by atoms with Crippen LogP contribution in [0.25, 0.3) is 22.1 Å². The molecule has 0 saturated heterocycles. The maximum absolute atomic E-state index is 13.0. The van der Waals surface area contributed by atoms with E-state index in [9.17, 15) is 24.5 Å². The monoisotopic (exact) mass is 496 g/mol. The third kappa shape index (κ3) is 6.26. The highest BCUT2D eigenvalue weighted by atomic mass is 16.6. The van der Waals surface area contributed by atoms with Gasteiger partial charge in [-0.15, -0.1) is 0 Å². The number of carbonyl (C=O) groups is 2. The van der Waals surface area contributed by atoms with Crippen LogP contribution in [0.4, 0.5) is 10.5 Å². The molecule has 10 heteroatoms. The second kappa shape index (κ2) is 10.6. The van der Waals surface area contributed by atoms with E-state index in [1.807, 2.05) is 13.8 Å². The molecule has 0 aliphatic rings. The average Bonchev–Trinajstić information content (AvgIpc) is 2.81. The number of carbonyl (C=O) groups excluding carboxylic acids is 2. The van der Waals surface area contributed by atoms with Gasteiger partial charge >= 0.3 is 12.1 Å².